The molecule has 0 aliphatic rings. The molecule has 276 valence electrons. The number of hydrogen-bond donors (Lipinski definition) is 2. The van der Waals surface area contributed by atoms with Gasteiger partial charge >= 0.3 is 0 Å². The number of unbranched alkanes of at least 4 members (excludes halogenated alkanes) is 14. The Morgan fingerprint density at radius 2 is 0.627 bits per heavy atom. The SMILES string of the molecule is CCCCc1cc(CCCCCCCCCCCCCCCc2ccc(Cc3ccc(N)cc3)c(CCCC)c2)ccc1Cc1ccc(N)cc1. The molecule has 4 N–H and O–H groups in total. The number of anilines is 2. The van der Waals surface area contributed by atoms with E-state index in [0.717, 1.165) is 24.2 Å². The minimum Gasteiger partial charge on any atom is -0.399 e. The van der Waals surface area contributed by atoms with Gasteiger partial charge in [0, 0.05) is 11.4 Å². The Balaban J connectivity index is 1.01. The standard InChI is InChI=1S/C49H70N2/c1-3-5-22-44-36-40(24-30-46(44)38-42-26-32-48(50)33-27-42)20-18-16-14-12-10-8-7-9-11-13-15-17-19-21-41-25-31-47(45(37-41)23-6-4-2)39-43-28-34-49(51)35-29-43/h24-37H,3-23,38-39,50-51H2,1-2H3. The highest BCUT2D eigenvalue weighted by molar-refractivity contribution is 5.43. The van der Waals surface area contributed by atoms with Gasteiger partial charge in [-0.1, -0.05) is 158 Å². The van der Waals surface area contributed by atoms with Crippen molar-refractivity contribution in [3.05, 3.63) is 129 Å². The molecule has 0 saturated carbocycles. The molecule has 0 heterocycles. The maximum Gasteiger partial charge on any atom is 0.0314 e. The molecule has 0 saturated heterocycles. The van der Waals surface area contributed by atoms with E-state index in [2.05, 4.69) is 74.5 Å². The Morgan fingerprint density at radius 1 is 0.314 bits per heavy atom. The van der Waals surface area contributed by atoms with Crippen molar-refractivity contribution in [3.63, 3.8) is 0 Å². The number of rotatable bonds is 26. The minimum absolute atomic E-state index is 0.842. The molecule has 4 aromatic carbocycles. The van der Waals surface area contributed by atoms with E-state index in [-0.39, 0.29) is 0 Å². The molecular formula is C49H70N2. The van der Waals surface area contributed by atoms with Crippen LogP contribution in [0, 0.1) is 0 Å². The predicted octanol–water partition coefficient (Wildman–Crippen LogP) is 13.6. The molecule has 0 radical (unpaired) electrons. The van der Waals surface area contributed by atoms with Crippen molar-refractivity contribution in [1.29, 1.82) is 0 Å². The predicted molar refractivity (Wildman–Crippen MR) is 225 cm³/mol. The van der Waals surface area contributed by atoms with Gasteiger partial charge in [0.15, 0.2) is 0 Å². The third-order valence-corrected chi connectivity index (χ3v) is 10.8. The summed E-state index contributed by atoms with van der Waals surface area (Å²) < 4.78 is 0. The van der Waals surface area contributed by atoms with E-state index >= 15 is 0 Å². The highest BCUT2D eigenvalue weighted by Gasteiger charge is 2.08. The molecule has 0 spiro atoms. The molecule has 4 rings (SSSR count). The number of nitrogen functional groups attached to an aromatic ring is 2. The summed E-state index contributed by atoms with van der Waals surface area (Å²) in [6.45, 7) is 4.59. The lowest BCUT2D eigenvalue weighted by atomic mass is 9.93. The van der Waals surface area contributed by atoms with Crippen LogP contribution in [0.2, 0.25) is 0 Å². The van der Waals surface area contributed by atoms with Crippen LogP contribution in [0.4, 0.5) is 11.4 Å². The fraction of sp³-hybridized carbons (Fsp3) is 0.510. The molecule has 0 amide bonds. The van der Waals surface area contributed by atoms with Crippen molar-refractivity contribution >= 4 is 11.4 Å². The molecule has 2 nitrogen and oxygen atoms in total. The second-order valence-corrected chi connectivity index (χ2v) is 15.3. The monoisotopic (exact) mass is 687 g/mol. The van der Waals surface area contributed by atoms with Crippen LogP contribution in [0.3, 0.4) is 0 Å². The van der Waals surface area contributed by atoms with Gasteiger partial charge in [-0.05, 0) is 133 Å². The molecule has 4 aromatic rings. The highest BCUT2D eigenvalue weighted by atomic mass is 14.5. The maximum atomic E-state index is 5.90. The van der Waals surface area contributed by atoms with Gasteiger partial charge in [0.2, 0.25) is 0 Å². The second kappa shape index (κ2) is 23.9. The summed E-state index contributed by atoms with van der Waals surface area (Å²) in [5.41, 5.74) is 25.3. The van der Waals surface area contributed by atoms with Crippen LogP contribution in [0.1, 0.15) is 168 Å². The first-order valence-electron chi connectivity index (χ1n) is 20.9. The summed E-state index contributed by atoms with van der Waals surface area (Å²) in [5, 5.41) is 0. The van der Waals surface area contributed by atoms with E-state index in [1.807, 2.05) is 24.3 Å². The van der Waals surface area contributed by atoms with Crippen molar-refractivity contribution in [2.45, 2.75) is 162 Å². The quantitative estimate of drug-likeness (QED) is 0.0510. The average Bonchev–Trinajstić information content (AvgIpc) is 3.14. The minimum atomic E-state index is 0.842. The molecule has 0 aliphatic heterocycles. The molecule has 0 unspecified atom stereocenters. The van der Waals surface area contributed by atoms with E-state index in [0.29, 0.717) is 0 Å². The Kier molecular flexibility index (Phi) is 18.8. The normalized spacial score (nSPS) is 11.3. The van der Waals surface area contributed by atoms with Gasteiger partial charge < -0.3 is 11.5 Å². The average molecular weight is 687 g/mol. The fourth-order valence-electron chi connectivity index (χ4n) is 7.53. The number of benzene rings is 4. The molecular weight excluding hydrogens is 617 g/mol. The van der Waals surface area contributed by atoms with Crippen LogP contribution in [0.15, 0.2) is 84.9 Å². The van der Waals surface area contributed by atoms with Crippen LogP contribution < -0.4 is 11.5 Å². The van der Waals surface area contributed by atoms with Crippen LogP contribution >= 0.6 is 0 Å². The number of nitrogens with two attached hydrogens (primary N) is 2. The smallest absolute Gasteiger partial charge is 0.0314 e. The first kappa shape index (κ1) is 40.3. The molecule has 0 fully saturated rings. The molecule has 51 heavy (non-hydrogen) atoms. The summed E-state index contributed by atoms with van der Waals surface area (Å²) in [6, 6.07) is 31.3. The first-order chi connectivity index (χ1) is 25.0. The number of hydrogen-bond acceptors (Lipinski definition) is 2. The summed E-state index contributed by atoms with van der Waals surface area (Å²) in [5.74, 6) is 0. The van der Waals surface area contributed by atoms with Gasteiger partial charge in [-0.3, -0.25) is 0 Å². The lowest BCUT2D eigenvalue weighted by Crippen LogP contribution is -1.99. The third-order valence-electron chi connectivity index (χ3n) is 10.8. The summed E-state index contributed by atoms with van der Waals surface area (Å²) in [4.78, 5) is 0. The fourth-order valence-corrected chi connectivity index (χ4v) is 7.53. The lowest BCUT2D eigenvalue weighted by molar-refractivity contribution is 0.536. The first-order valence-corrected chi connectivity index (χ1v) is 20.9. The molecule has 0 aromatic heterocycles. The molecule has 0 atom stereocenters. The van der Waals surface area contributed by atoms with Crippen molar-refractivity contribution < 1.29 is 0 Å². The molecule has 0 aliphatic carbocycles. The van der Waals surface area contributed by atoms with Crippen LogP contribution in [-0.4, -0.2) is 0 Å². The van der Waals surface area contributed by atoms with Gasteiger partial charge in [-0.2, -0.15) is 0 Å². The van der Waals surface area contributed by atoms with Gasteiger partial charge in [0.25, 0.3) is 0 Å². The van der Waals surface area contributed by atoms with Gasteiger partial charge in [0.1, 0.15) is 0 Å². The van der Waals surface area contributed by atoms with Gasteiger partial charge in [-0.15, -0.1) is 0 Å². The topological polar surface area (TPSA) is 52.0 Å². The van der Waals surface area contributed by atoms with Gasteiger partial charge in [-0.25, -0.2) is 0 Å². The summed E-state index contributed by atoms with van der Waals surface area (Å²) in [7, 11) is 0. The highest BCUT2D eigenvalue weighted by Crippen LogP contribution is 2.23. The van der Waals surface area contributed by atoms with E-state index in [1.54, 1.807) is 11.1 Å². The number of aryl methyl sites for hydroxylation is 4. The van der Waals surface area contributed by atoms with E-state index in [1.165, 1.54) is 168 Å². The Bertz CT molecular complexity index is 1390. The van der Waals surface area contributed by atoms with Crippen LogP contribution in [0.25, 0.3) is 0 Å². The van der Waals surface area contributed by atoms with E-state index in [4.69, 9.17) is 11.5 Å². The Hall–Kier alpha value is -3.52. The van der Waals surface area contributed by atoms with Gasteiger partial charge in [0.05, 0.1) is 0 Å². The lowest BCUT2D eigenvalue weighted by Gasteiger charge is -2.13. The third kappa shape index (κ3) is 15.7. The summed E-state index contributed by atoms with van der Waals surface area (Å²) >= 11 is 0. The molecule has 0 bridgehead atoms. The van der Waals surface area contributed by atoms with Crippen molar-refractivity contribution in [2.75, 3.05) is 11.5 Å². The Labute approximate surface area is 312 Å². The zero-order chi connectivity index (χ0) is 35.9. The second-order valence-electron chi connectivity index (χ2n) is 15.3. The summed E-state index contributed by atoms with van der Waals surface area (Å²) in [6.07, 6.45) is 29.9. The van der Waals surface area contributed by atoms with Crippen molar-refractivity contribution in [2.24, 2.45) is 0 Å². The van der Waals surface area contributed by atoms with E-state index < -0.39 is 0 Å². The van der Waals surface area contributed by atoms with E-state index in [9.17, 15) is 0 Å². The van der Waals surface area contributed by atoms with Crippen LogP contribution in [0.5, 0.6) is 0 Å². The van der Waals surface area contributed by atoms with Crippen molar-refractivity contribution in [1.82, 2.24) is 0 Å². The molecule has 2 heteroatoms. The maximum absolute atomic E-state index is 5.90. The van der Waals surface area contributed by atoms with Crippen LogP contribution in [-0.2, 0) is 38.5 Å². The Morgan fingerprint density at radius 3 is 0.961 bits per heavy atom. The zero-order valence-corrected chi connectivity index (χ0v) is 32.5. The van der Waals surface area contributed by atoms with Crippen molar-refractivity contribution in [3.8, 4) is 0 Å². The largest absolute Gasteiger partial charge is 0.399 e. The zero-order valence-electron chi connectivity index (χ0n) is 32.5.